The summed E-state index contributed by atoms with van der Waals surface area (Å²) < 4.78 is 28.6. The smallest absolute Gasteiger partial charge is 0.266 e. The monoisotopic (exact) mass is 417 g/mol. The summed E-state index contributed by atoms with van der Waals surface area (Å²) >= 11 is 4.99. The molecule has 8 nitrogen and oxygen atoms in total. The van der Waals surface area contributed by atoms with Crippen LogP contribution in [0.4, 0.5) is 0 Å². The molecule has 1 aromatic heterocycles. The Labute approximate surface area is 166 Å². The number of benzene rings is 1. The van der Waals surface area contributed by atoms with Gasteiger partial charge in [0.25, 0.3) is 11.8 Å². The van der Waals surface area contributed by atoms with Gasteiger partial charge in [-0.15, -0.1) is 6.58 Å². The first kappa shape index (κ1) is 19.7. The van der Waals surface area contributed by atoms with Crippen molar-refractivity contribution < 1.29 is 22.4 Å². The third-order valence-corrected chi connectivity index (χ3v) is 5.09. The van der Waals surface area contributed by atoms with E-state index >= 15 is 0 Å². The maximum absolute atomic E-state index is 12.5. The third kappa shape index (κ3) is 3.93. The second kappa shape index (κ2) is 7.50. The number of nitrogens with two attached hydrogens (primary N) is 1. The number of nitrogens with one attached hydrogen (secondary N) is 1. The SMILES string of the molecule is C=CCN1C(=O)C(=Cc2ccc(-c3cccc(S(N)(=O)=O)c3)o2)C(=O)NC1=S. The molecule has 28 heavy (non-hydrogen) atoms. The van der Waals surface area contributed by atoms with Gasteiger partial charge in [0.05, 0.1) is 4.90 Å². The lowest BCUT2D eigenvalue weighted by Gasteiger charge is -2.27. The first-order valence-corrected chi connectivity index (χ1v) is 9.89. The van der Waals surface area contributed by atoms with Crippen LogP contribution in [0.25, 0.3) is 17.4 Å². The minimum absolute atomic E-state index is 0.00647. The fraction of sp³-hybridized carbons (Fsp3) is 0.0556. The van der Waals surface area contributed by atoms with Crippen molar-refractivity contribution in [2.75, 3.05) is 6.54 Å². The van der Waals surface area contributed by atoms with E-state index in [9.17, 15) is 18.0 Å². The van der Waals surface area contributed by atoms with Crippen LogP contribution in [0.1, 0.15) is 5.76 Å². The molecule has 0 bridgehead atoms. The lowest BCUT2D eigenvalue weighted by atomic mass is 10.1. The Hall–Kier alpha value is -3.08. The van der Waals surface area contributed by atoms with E-state index in [1.807, 2.05) is 0 Å². The number of primary sulfonamides is 1. The second-order valence-corrected chi connectivity index (χ2v) is 7.74. The maximum atomic E-state index is 12.5. The summed E-state index contributed by atoms with van der Waals surface area (Å²) in [6, 6.07) is 9.05. The minimum Gasteiger partial charge on any atom is -0.457 e. The van der Waals surface area contributed by atoms with Crippen molar-refractivity contribution in [3.8, 4) is 11.3 Å². The van der Waals surface area contributed by atoms with Crippen LogP contribution >= 0.6 is 12.2 Å². The van der Waals surface area contributed by atoms with Crippen LogP contribution in [0.15, 0.2) is 63.9 Å². The van der Waals surface area contributed by atoms with E-state index in [0.717, 1.165) is 0 Å². The Balaban J connectivity index is 1.94. The van der Waals surface area contributed by atoms with E-state index < -0.39 is 21.8 Å². The molecule has 1 fully saturated rings. The van der Waals surface area contributed by atoms with E-state index in [1.165, 1.54) is 35.3 Å². The maximum Gasteiger partial charge on any atom is 0.266 e. The van der Waals surface area contributed by atoms with Crippen LogP contribution in [0, 0.1) is 0 Å². The van der Waals surface area contributed by atoms with E-state index in [2.05, 4.69) is 11.9 Å². The molecule has 0 spiro atoms. The molecule has 10 heteroatoms. The predicted octanol–water partition coefficient (Wildman–Crippen LogP) is 1.41. The first-order chi connectivity index (χ1) is 13.2. The van der Waals surface area contributed by atoms with Crippen molar-refractivity contribution in [2.24, 2.45) is 5.14 Å². The zero-order valence-electron chi connectivity index (χ0n) is 14.4. The van der Waals surface area contributed by atoms with E-state index in [1.54, 1.807) is 18.2 Å². The normalized spacial score (nSPS) is 16.4. The van der Waals surface area contributed by atoms with E-state index in [0.29, 0.717) is 11.3 Å². The highest BCUT2D eigenvalue weighted by molar-refractivity contribution is 7.89. The average molecular weight is 417 g/mol. The summed E-state index contributed by atoms with van der Waals surface area (Å²) in [5.41, 5.74) is 0.333. The van der Waals surface area contributed by atoms with Crippen LogP contribution in [0.5, 0.6) is 0 Å². The van der Waals surface area contributed by atoms with Gasteiger partial charge in [-0.05, 0) is 42.6 Å². The van der Waals surface area contributed by atoms with E-state index in [-0.39, 0.29) is 27.9 Å². The molecule has 144 valence electrons. The molecule has 3 rings (SSSR count). The van der Waals surface area contributed by atoms with Crippen molar-refractivity contribution in [3.63, 3.8) is 0 Å². The lowest BCUT2D eigenvalue weighted by molar-refractivity contribution is -0.128. The quantitative estimate of drug-likeness (QED) is 0.328. The Morgan fingerprint density at radius 3 is 2.68 bits per heavy atom. The molecular weight excluding hydrogens is 402 g/mol. The molecule has 2 heterocycles. The average Bonchev–Trinajstić information content (AvgIpc) is 3.10. The number of thiocarbonyl (C=S) groups is 1. The molecule has 0 aliphatic carbocycles. The molecule has 2 aromatic rings. The van der Waals surface area contributed by atoms with Gasteiger partial charge in [-0.1, -0.05) is 18.2 Å². The molecule has 2 amide bonds. The summed E-state index contributed by atoms with van der Waals surface area (Å²) in [6.45, 7) is 3.71. The van der Waals surface area contributed by atoms with Crippen molar-refractivity contribution in [1.29, 1.82) is 0 Å². The fourth-order valence-corrected chi connectivity index (χ4v) is 3.35. The number of carbonyl (C=O) groups is 2. The topological polar surface area (TPSA) is 123 Å². The fourth-order valence-electron chi connectivity index (χ4n) is 2.54. The van der Waals surface area contributed by atoms with Gasteiger partial charge in [-0.2, -0.15) is 0 Å². The molecule has 0 atom stereocenters. The molecular formula is C18H15N3O5S2. The van der Waals surface area contributed by atoms with Crippen molar-refractivity contribution in [2.45, 2.75) is 4.90 Å². The Bertz CT molecular complexity index is 1130. The highest BCUT2D eigenvalue weighted by atomic mass is 32.2. The van der Waals surface area contributed by atoms with Crippen LogP contribution < -0.4 is 10.5 Å². The number of carbonyl (C=O) groups excluding carboxylic acids is 2. The number of hydrogen-bond donors (Lipinski definition) is 2. The zero-order valence-corrected chi connectivity index (χ0v) is 16.0. The van der Waals surface area contributed by atoms with Gasteiger partial charge < -0.3 is 4.42 Å². The van der Waals surface area contributed by atoms with Crippen molar-refractivity contribution in [3.05, 3.63) is 60.4 Å². The molecule has 1 aliphatic heterocycles. The highest BCUT2D eigenvalue weighted by Gasteiger charge is 2.32. The Kier molecular flexibility index (Phi) is 5.27. The summed E-state index contributed by atoms with van der Waals surface area (Å²) in [7, 11) is -3.86. The van der Waals surface area contributed by atoms with Gasteiger partial charge in [0.1, 0.15) is 17.1 Å². The van der Waals surface area contributed by atoms with Crippen molar-refractivity contribution >= 4 is 45.2 Å². The summed E-state index contributed by atoms with van der Waals surface area (Å²) in [6.07, 6.45) is 2.78. The van der Waals surface area contributed by atoms with Crippen LogP contribution in [-0.2, 0) is 19.6 Å². The Morgan fingerprint density at radius 2 is 2.00 bits per heavy atom. The van der Waals surface area contributed by atoms with Crippen molar-refractivity contribution in [1.82, 2.24) is 10.2 Å². The molecule has 1 saturated heterocycles. The molecule has 1 aromatic carbocycles. The third-order valence-electron chi connectivity index (χ3n) is 3.86. The Morgan fingerprint density at radius 1 is 1.25 bits per heavy atom. The van der Waals surface area contributed by atoms with Gasteiger partial charge in [-0.25, -0.2) is 13.6 Å². The van der Waals surface area contributed by atoms with Gasteiger partial charge >= 0.3 is 0 Å². The summed E-state index contributed by atoms with van der Waals surface area (Å²) in [5, 5.41) is 7.58. The number of furan rings is 1. The van der Waals surface area contributed by atoms with Gasteiger partial charge in [0, 0.05) is 12.1 Å². The van der Waals surface area contributed by atoms with Gasteiger partial charge in [0.15, 0.2) is 5.11 Å². The molecule has 1 aliphatic rings. The molecule has 0 unspecified atom stereocenters. The number of rotatable bonds is 5. The molecule has 0 saturated carbocycles. The summed E-state index contributed by atoms with van der Waals surface area (Å²) in [5.74, 6) is -0.618. The molecule has 3 N–H and O–H groups in total. The largest absolute Gasteiger partial charge is 0.457 e. The van der Waals surface area contributed by atoms with Crippen LogP contribution in [0.2, 0.25) is 0 Å². The minimum atomic E-state index is -3.86. The van der Waals surface area contributed by atoms with Gasteiger partial charge in [0.2, 0.25) is 10.0 Å². The number of hydrogen-bond acceptors (Lipinski definition) is 6. The summed E-state index contributed by atoms with van der Waals surface area (Å²) in [4.78, 5) is 25.8. The number of nitrogens with zero attached hydrogens (tertiary/aromatic N) is 1. The standard InChI is InChI=1S/C18H15N3O5S2/c1-2-8-21-17(23)14(16(22)20-18(21)27)10-12-6-7-15(26-12)11-4-3-5-13(9-11)28(19,24)25/h2-7,9-10H,1,8H2,(H2,19,24,25)(H,20,22,27). The zero-order chi connectivity index (χ0) is 20.5. The second-order valence-electron chi connectivity index (χ2n) is 5.80. The van der Waals surface area contributed by atoms with Crippen LogP contribution in [0.3, 0.4) is 0 Å². The van der Waals surface area contributed by atoms with Crippen LogP contribution in [-0.4, -0.2) is 36.8 Å². The number of amides is 2. The predicted molar refractivity (Wildman–Crippen MR) is 106 cm³/mol. The highest BCUT2D eigenvalue weighted by Crippen LogP contribution is 2.26. The lowest BCUT2D eigenvalue weighted by Crippen LogP contribution is -2.53. The molecule has 0 radical (unpaired) electrons. The van der Waals surface area contributed by atoms with Gasteiger partial charge in [-0.3, -0.25) is 19.8 Å². The number of sulfonamides is 1. The first-order valence-electron chi connectivity index (χ1n) is 7.93. The van der Waals surface area contributed by atoms with E-state index in [4.69, 9.17) is 21.8 Å².